The Hall–Kier alpha value is -1.84. The first kappa shape index (κ1) is 9.71. The molecule has 0 amide bonds. The summed E-state index contributed by atoms with van der Waals surface area (Å²) in [6, 6.07) is 4.03. The Morgan fingerprint density at radius 3 is 2.60 bits per heavy atom. The average molecular weight is 202 g/mol. The minimum atomic E-state index is 0.674. The van der Waals surface area contributed by atoms with Gasteiger partial charge in [0.15, 0.2) is 0 Å². The van der Waals surface area contributed by atoms with Gasteiger partial charge >= 0.3 is 0 Å². The first-order valence-electron chi connectivity index (χ1n) is 4.86. The molecule has 2 N–H and O–H groups in total. The highest BCUT2D eigenvalue weighted by Crippen LogP contribution is 2.11. The van der Waals surface area contributed by atoms with Crippen molar-refractivity contribution in [1.29, 1.82) is 0 Å². The molecule has 0 saturated heterocycles. The number of hydrogen-bond acceptors (Lipinski definition) is 3. The maximum atomic E-state index is 5.86. The predicted octanol–water partition coefficient (Wildman–Crippen LogP) is 1.53. The fourth-order valence-electron chi connectivity index (χ4n) is 1.38. The predicted molar refractivity (Wildman–Crippen MR) is 59.5 cm³/mol. The molecule has 0 bridgehead atoms. The Labute approximate surface area is 88.8 Å². The molecule has 0 aromatic carbocycles. The normalized spacial score (nSPS) is 10.5. The number of aryl methyl sites for hydroxylation is 2. The third kappa shape index (κ3) is 1.98. The molecule has 0 spiro atoms. The van der Waals surface area contributed by atoms with Gasteiger partial charge in [-0.3, -0.25) is 4.98 Å². The molecule has 4 heteroatoms. The summed E-state index contributed by atoms with van der Waals surface area (Å²) in [7, 11) is 0. The molecular formula is C11H14N4. The zero-order chi connectivity index (χ0) is 10.8. The third-order valence-corrected chi connectivity index (χ3v) is 2.38. The highest BCUT2D eigenvalue weighted by Gasteiger charge is 2.03. The van der Waals surface area contributed by atoms with Crippen LogP contribution in [0.25, 0.3) is 0 Å². The van der Waals surface area contributed by atoms with Crippen LogP contribution >= 0.6 is 0 Å². The number of nitrogens with two attached hydrogens (primary N) is 1. The molecule has 0 fully saturated rings. The standard InChI is InChI=1S/C11H14N4/c1-8-5-14-15(11(8)12)7-10-4-3-9(2)13-6-10/h3-6H,7,12H2,1-2H3. The summed E-state index contributed by atoms with van der Waals surface area (Å²) in [5.41, 5.74) is 8.99. The van der Waals surface area contributed by atoms with Crippen molar-refractivity contribution in [2.75, 3.05) is 5.73 Å². The molecule has 0 atom stereocenters. The van der Waals surface area contributed by atoms with Crippen LogP contribution in [0.5, 0.6) is 0 Å². The van der Waals surface area contributed by atoms with E-state index in [-0.39, 0.29) is 0 Å². The number of nitrogens with zero attached hydrogens (tertiary/aromatic N) is 3. The maximum Gasteiger partial charge on any atom is 0.124 e. The van der Waals surface area contributed by atoms with Crippen LogP contribution in [0, 0.1) is 13.8 Å². The van der Waals surface area contributed by atoms with Crippen LogP contribution in [0.15, 0.2) is 24.5 Å². The Morgan fingerprint density at radius 1 is 1.27 bits per heavy atom. The smallest absolute Gasteiger partial charge is 0.124 e. The third-order valence-electron chi connectivity index (χ3n) is 2.38. The van der Waals surface area contributed by atoms with Crippen molar-refractivity contribution in [3.05, 3.63) is 41.3 Å². The molecule has 0 aliphatic carbocycles. The Morgan fingerprint density at radius 2 is 2.07 bits per heavy atom. The van der Waals surface area contributed by atoms with E-state index in [1.807, 2.05) is 32.2 Å². The van der Waals surface area contributed by atoms with Gasteiger partial charge in [-0.05, 0) is 25.5 Å². The van der Waals surface area contributed by atoms with E-state index in [4.69, 9.17) is 5.73 Å². The van der Waals surface area contributed by atoms with Gasteiger partial charge < -0.3 is 5.73 Å². The summed E-state index contributed by atoms with van der Waals surface area (Å²) >= 11 is 0. The first-order valence-corrected chi connectivity index (χ1v) is 4.86. The summed E-state index contributed by atoms with van der Waals surface area (Å²) in [4.78, 5) is 4.23. The second-order valence-corrected chi connectivity index (χ2v) is 3.68. The van der Waals surface area contributed by atoms with Gasteiger partial charge in [-0.15, -0.1) is 0 Å². The quantitative estimate of drug-likeness (QED) is 0.803. The number of nitrogen functional groups attached to an aromatic ring is 1. The Bertz CT molecular complexity index is 456. The highest BCUT2D eigenvalue weighted by molar-refractivity contribution is 5.37. The summed E-state index contributed by atoms with van der Waals surface area (Å²) in [5, 5.41) is 4.20. The molecule has 2 rings (SSSR count). The van der Waals surface area contributed by atoms with E-state index in [1.54, 1.807) is 10.9 Å². The molecule has 4 nitrogen and oxygen atoms in total. The number of rotatable bonds is 2. The van der Waals surface area contributed by atoms with Crippen molar-refractivity contribution < 1.29 is 0 Å². The molecular weight excluding hydrogens is 188 g/mol. The fourth-order valence-corrected chi connectivity index (χ4v) is 1.38. The molecule has 2 aromatic rings. The topological polar surface area (TPSA) is 56.7 Å². The largest absolute Gasteiger partial charge is 0.384 e. The second-order valence-electron chi connectivity index (χ2n) is 3.68. The molecule has 0 saturated carbocycles. The fraction of sp³-hybridized carbons (Fsp3) is 0.273. The lowest BCUT2D eigenvalue weighted by Gasteiger charge is -2.04. The van der Waals surface area contributed by atoms with E-state index in [0.717, 1.165) is 22.6 Å². The van der Waals surface area contributed by atoms with Gasteiger partial charge in [0.2, 0.25) is 0 Å². The van der Waals surface area contributed by atoms with Gasteiger partial charge in [-0.1, -0.05) is 6.07 Å². The van der Waals surface area contributed by atoms with Crippen LogP contribution in [0.4, 0.5) is 5.82 Å². The molecule has 0 aliphatic heterocycles. The van der Waals surface area contributed by atoms with Gasteiger partial charge in [-0.2, -0.15) is 5.10 Å². The van der Waals surface area contributed by atoms with Crippen molar-refractivity contribution in [2.45, 2.75) is 20.4 Å². The van der Waals surface area contributed by atoms with E-state index in [0.29, 0.717) is 6.54 Å². The molecule has 0 unspecified atom stereocenters. The lowest BCUT2D eigenvalue weighted by Crippen LogP contribution is -2.06. The van der Waals surface area contributed by atoms with E-state index in [1.165, 1.54) is 0 Å². The number of hydrogen-bond donors (Lipinski definition) is 1. The van der Waals surface area contributed by atoms with Crippen molar-refractivity contribution in [3.63, 3.8) is 0 Å². The van der Waals surface area contributed by atoms with E-state index in [9.17, 15) is 0 Å². The molecule has 15 heavy (non-hydrogen) atoms. The van der Waals surface area contributed by atoms with Gasteiger partial charge in [0, 0.05) is 17.5 Å². The molecule has 78 valence electrons. The van der Waals surface area contributed by atoms with Gasteiger partial charge in [0.05, 0.1) is 12.7 Å². The second kappa shape index (κ2) is 3.73. The number of aromatic nitrogens is 3. The van der Waals surface area contributed by atoms with Gasteiger partial charge in [0.1, 0.15) is 5.82 Å². The van der Waals surface area contributed by atoms with Crippen LogP contribution in [-0.4, -0.2) is 14.8 Å². The van der Waals surface area contributed by atoms with Crippen LogP contribution in [0.3, 0.4) is 0 Å². The minimum Gasteiger partial charge on any atom is -0.384 e. The van der Waals surface area contributed by atoms with Crippen LogP contribution in [0.1, 0.15) is 16.8 Å². The number of anilines is 1. The summed E-state index contributed by atoms with van der Waals surface area (Å²) in [6.45, 7) is 4.59. The minimum absolute atomic E-state index is 0.674. The van der Waals surface area contributed by atoms with Gasteiger partial charge in [0.25, 0.3) is 0 Å². The molecule has 2 aromatic heterocycles. The summed E-state index contributed by atoms with van der Waals surface area (Å²) in [5.74, 6) is 0.718. The van der Waals surface area contributed by atoms with E-state index >= 15 is 0 Å². The zero-order valence-corrected chi connectivity index (χ0v) is 8.94. The SMILES string of the molecule is Cc1ccc(Cn2ncc(C)c2N)cn1. The molecule has 0 aliphatic rings. The first-order chi connectivity index (χ1) is 7.16. The van der Waals surface area contributed by atoms with Crippen molar-refractivity contribution in [2.24, 2.45) is 0 Å². The van der Waals surface area contributed by atoms with Crippen molar-refractivity contribution >= 4 is 5.82 Å². The average Bonchev–Trinajstić information content (AvgIpc) is 2.53. The lowest BCUT2D eigenvalue weighted by molar-refractivity contribution is 0.694. The molecule has 2 heterocycles. The van der Waals surface area contributed by atoms with Crippen LogP contribution in [-0.2, 0) is 6.54 Å². The maximum absolute atomic E-state index is 5.86. The van der Waals surface area contributed by atoms with E-state index < -0.39 is 0 Å². The Kier molecular flexibility index (Phi) is 2.41. The summed E-state index contributed by atoms with van der Waals surface area (Å²) < 4.78 is 1.78. The van der Waals surface area contributed by atoms with Crippen LogP contribution in [0.2, 0.25) is 0 Å². The summed E-state index contributed by atoms with van der Waals surface area (Å²) in [6.07, 6.45) is 3.63. The van der Waals surface area contributed by atoms with Gasteiger partial charge in [-0.25, -0.2) is 4.68 Å². The number of pyridine rings is 1. The lowest BCUT2D eigenvalue weighted by atomic mass is 10.2. The van der Waals surface area contributed by atoms with Crippen LogP contribution < -0.4 is 5.73 Å². The van der Waals surface area contributed by atoms with Crippen molar-refractivity contribution in [1.82, 2.24) is 14.8 Å². The van der Waals surface area contributed by atoms with E-state index in [2.05, 4.69) is 10.1 Å². The monoisotopic (exact) mass is 202 g/mol. The van der Waals surface area contributed by atoms with Crippen molar-refractivity contribution in [3.8, 4) is 0 Å². The highest BCUT2D eigenvalue weighted by atomic mass is 15.3. The zero-order valence-electron chi connectivity index (χ0n) is 8.94. The molecule has 0 radical (unpaired) electrons. The Balaban J connectivity index is 2.22.